The van der Waals surface area contributed by atoms with Crippen LogP contribution < -0.4 is 5.73 Å². The molecule has 0 saturated heterocycles. The Balaban J connectivity index is 2.68. The maximum absolute atomic E-state index is 10.9. The average Bonchev–Trinajstić information content (AvgIpc) is 2.47. The second kappa shape index (κ2) is 2.32. The van der Waals surface area contributed by atoms with Gasteiger partial charge in [0.25, 0.3) is 0 Å². The molecular weight excluding hydrogens is 152 g/mol. The number of hydrogen-bond donors (Lipinski definition) is 1. The average molecular weight is 161 g/mol. The Morgan fingerprint density at radius 1 is 1.70 bits per heavy atom. The molecule has 5 heteroatoms. The predicted octanol–water partition coefficient (Wildman–Crippen LogP) is -0.219. The van der Waals surface area contributed by atoms with Gasteiger partial charge in [0.1, 0.15) is 0 Å². The molecule has 1 amide bonds. The summed E-state index contributed by atoms with van der Waals surface area (Å²) >= 11 is 0. The lowest BCUT2D eigenvalue weighted by Gasteiger charge is -2.03. The van der Waals surface area contributed by atoms with Crippen LogP contribution in [-0.2, 0) is 19.6 Å². The van der Waals surface area contributed by atoms with E-state index in [0.717, 1.165) is 0 Å². The van der Waals surface area contributed by atoms with Gasteiger partial charge in [-0.2, -0.15) is 10.6 Å². The molecule has 1 aliphatic carbocycles. The van der Waals surface area contributed by atoms with E-state index in [4.69, 9.17) is 5.73 Å². The van der Waals surface area contributed by atoms with E-state index in [0.29, 0.717) is 12.8 Å². The van der Waals surface area contributed by atoms with Crippen molar-refractivity contribution in [3.8, 4) is 0 Å². The number of carbonyl (C=O) groups excluding carboxylic acids is 1. The van der Waals surface area contributed by atoms with Crippen LogP contribution in [0, 0.1) is 0 Å². The molecule has 0 radical (unpaired) electrons. The first-order valence-electron chi connectivity index (χ1n) is 2.93. The lowest BCUT2D eigenvalue weighted by atomic mass is 10.3. The Bertz CT molecular complexity index is 238. The quantitative estimate of drug-likeness (QED) is 0.540. The first kappa shape index (κ1) is 7.68. The maximum atomic E-state index is 10.9. The van der Waals surface area contributed by atoms with E-state index in [2.05, 4.69) is 4.36 Å². The van der Waals surface area contributed by atoms with E-state index >= 15 is 0 Å². The summed E-state index contributed by atoms with van der Waals surface area (Å²) in [6, 6.07) is 0. The summed E-state index contributed by atoms with van der Waals surface area (Å²) in [6.07, 6.45) is 2.70. The molecular formula is C5H9N2O2S-. The summed E-state index contributed by atoms with van der Waals surface area (Å²) in [7, 11) is -1.41. The Morgan fingerprint density at radius 2 is 2.20 bits per heavy atom. The van der Waals surface area contributed by atoms with Crippen molar-refractivity contribution in [3.05, 3.63) is 0 Å². The van der Waals surface area contributed by atoms with E-state index in [1.54, 1.807) is 0 Å². The molecule has 0 aromatic rings. The molecule has 58 valence electrons. The smallest absolute Gasteiger partial charge is 0.242 e. The summed E-state index contributed by atoms with van der Waals surface area (Å²) in [5.41, 5.74) is 4.70. The standard InChI is InChI=1S/C5H9N2O2S/c1-10(9)7-4(8)5(6)2-3-5/h2-3,6H2,1H3/q-1. The van der Waals surface area contributed by atoms with Crippen LogP contribution in [0.25, 0.3) is 0 Å². The monoisotopic (exact) mass is 161 g/mol. The van der Waals surface area contributed by atoms with Crippen LogP contribution in [0.1, 0.15) is 12.8 Å². The normalized spacial score (nSPS) is 24.2. The van der Waals surface area contributed by atoms with Gasteiger partial charge in [-0.1, -0.05) is 0 Å². The SMILES string of the molecule is C[S-](=O)=NC(=O)C1(N)CC1. The second-order valence-corrected chi connectivity index (χ2v) is 3.51. The topological polar surface area (TPSA) is 72.5 Å². The molecule has 1 aliphatic rings. The molecule has 0 spiro atoms. The third-order valence-electron chi connectivity index (χ3n) is 1.43. The highest BCUT2D eigenvalue weighted by Crippen LogP contribution is 2.33. The Hall–Kier alpha value is -0.420. The minimum absolute atomic E-state index is 0.423. The van der Waals surface area contributed by atoms with Gasteiger partial charge >= 0.3 is 0 Å². The van der Waals surface area contributed by atoms with Gasteiger partial charge in [-0.3, -0.25) is 4.79 Å². The molecule has 1 fully saturated rings. The molecule has 4 nitrogen and oxygen atoms in total. The molecule has 0 unspecified atom stereocenters. The summed E-state index contributed by atoms with van der Waals surface area (Å²) in [5, 5.41) is 0. The van der Waals surface area contributed by atoms with Gasteiger partial charge in [0.05, 0.1) is 5.54 Å². The van der Waals surface area contributed by atoms with Gasteiger partial charge in [-0.05, 0) is 12.8 Å². The van der Waals surface area contributed by atoms with Crippen molar-refractivity contribution < 1.29 is 9.00 Å². The Kier molecular flexibility index (Phi) is 1.78. The lowest BCUT2D eigenvalue weighted by Crippen LogP contribution is -2.31. The fourth-order valence-electron chi connectivity index (χ4n) is 0.556. The first-order chi connectivity index (χ1) is 4.54. The summed E-state index contributed by atoms with van der Waals surface area (Å²) < 4.78 is 13.7. The van der Waals surface area contributed by atoms with Crippen molar-refractivity contribution in [3.63, 3.8) is 0 Å². The Morgan fingerprint density at radius 3 is 2.50 bits per heavy atom. The number of nitrogens with two attached hydrogens (primary N) is 1. The zero-order valence-corrected chi connectivity index (χ0v) is 6.48. The van der Waals surface area contributed by atoms with Crippen LogP contribution >= 0.6 is 0 Å². The third kappa shape index (κ3) is 1.54. The highest BCUT2D eigenvalue weighted by molar-refractivity contribution is 7.74. The van der Waals surface area contributed by atoms with E-state index in [-0.39, 0.29) is 0 Å². The van der Waals surface area contributed by atoms with Gasteiger partial charge in [0.2, 0.25) is 5.91 Å². The molecule has 0 heterocycles. The van der Waals surface area contributed by atoms with E-state index in [1.807, 2.05) is 0 Å². The zero-order valence-electron chi connectivity index (χ0n) is 5.66. The first-order valence-corrected chi connectivity index (χ1v) is 4.45. The third-order valence-corrected chi connectivity index (χ3v) is 1.85. The lowest BCUT2D eigenvalue weighted by molar-refractivity contribution is -0.119. The van der Waals surface area contributed by atoms with Crippen molar-refractivity contribution in [2.75, 3.05) is 6.26 Å². The van der Waals surface area contributed by atoms with Crippen LogP contribution in [0.3, 0.4) is 0 Å². The van der Waals surface area contributed by atoms with E-state index in [1.165, 1.54) is 6.26 Å². The number of hydrogen-bond acceptors (Lipinski definition) is 4. The molecule has 1 rings (SSSR count). The summed E-state index contributed by atoms with van der Waals surface area (Å²) in [5.74, 6) is -0.423. The van der Waals surface area contributed by atoms with Crippen molar-refractivity contribution in [2.24, 2.45) is 10.1 Å². The van der Waals surface area contributed by atoms with Crippen LogP contribution in [0.15, 0.2) is 4.36 Å². The van der Waals surface area contributed by atoms with Crippen molar-refractivity contribution in [2.45, 2.75) is 18.4 Å². The summed E-state index contributed by atoms with van der Waals surface area (Å²) in [4.78, 5) is 10.9. The minimum Gasteiger partial charge on any atom is -0.444 e. The largest absolute Gasteiger partial charge is 0.444 e. The fraction of sp³-hybridized carbons (Fsp3) is 0.800. The van der Waals surface area contributed by atoms with Crippen molar-refractivity contribution >= 4 is 16.5 Å². The molecule has 0 aromatic carbocycles. The predicted molar refractivity (Wildman–Crippen MR) is 37.6 cm³/mol. The molecule has 0 atom stereocenters. The van der Waals surface area contributed by atoms with E-state index in [9.17, 15) is 9.00 Å². The molecule has 2 N–H and O–H groups in total. The maximum Gasteiger partial charge on any atom is 0.242 e. The van der Waals surface area contributed by atoms with Gasteiger partial charge in [0, 0.05) is 0 Å². The second-order valence-electron chi connectivity index (χ2n) is 2.48. The number of carbonyl (C=O) groups is 1. The van der Waals surface area contributed by atoms with Crippen LogP contribution in [0.2, 0.25) is 0 Å². The van der Waals surface area contributed by atoms with Crippen LogP contribution in [-0.4, -0.2) is 17.7 Å². The molecule has 0 aliphatic heterocycles. The summed E-state index contributed by atoms with van der Waals surface area (Å²) in [6.45, 7) is 0. The number of rotatable bonds is 1. The van der Waals surface area contributed by atoms with Crippen LogP contribution in [0.4, 0.5) is 0 Å². The number of amides is 1. The van der Waals surface area contributed by atoms with Crippen molar-refractivity contribution in [1.29, 1.82) is 0 Å². The molecule has 0 bridgehead atoms. The van der Waals surface area contributed by atoms with E-state index < -0.39 is 22.0 Å². The molecule has 10 heavy (non-hydrogen) atoms. The van der Waals surface area contributed by atoms with Gasteiger partial charge in [0.15, 0.2) is 0 Å². The van der Waals surface area contributed by atoms with Gasteiger partial charge < -0.3 is 14.3 Å². The highest BCUT2D eigenvalue weighted by Gasteiger charge is 2.44. The molecule has 0 aromatic heterocycles. The van der Waals surface area contributed by atoms with Gasteiger partial charge in [-0.15, -0.1) is 6.26 Å². The zero-order chi connectivity index (χ0) is 7.78. The minimum atomic E-state index is -1.41. The fourth-order valence-corrected chi connectivity index (χ4v) is 0.972. The molecule has 1 saturated carbocycles. The number of nitrogens with zero attached hydrogens (tertiary/aromatic N) is 1. The van der Waals surface area contributed by atoms with Gasteiger partial charge in [-0.25, -0.2) is 0 Å². The van der Waals surface area contributed by atoms with Crippen LogP contribution in [0.5, 0.6) is 0 Å². The van der Waals surface area contributed by atoms with Crippen molar-refractivity contribution in [1.82, 2.24) is 0 Å². The Labute approximate surface area is 61.0 Å². The highest BCUT2D eigenvalue weighted by atomic mass is 32.2.